The number of anilines is 1. The van der Waals surface area contributed by atoms with Crippen molar-refractivity contribution in [1.29, 1.82) is 0 Å². The first-order valence-corrected chi connectivity index (χ1v) is 11.1. The zero-order valence-corrected chi connectivity index (χ0v) is 19.8. The summed E-state index contributed by atoms with van der Waals surface area (Å²) >= 11 is 0. The number of esters is 1. The van der Waals surface area contributed by atoms with Gasteiger partial charge in [0.05, 0.1) is 5.56 Å². The van der Waals surface area contributed by atoms with Gasteiger partial charge >= 0.3 is 12.1 Å². The van der Waals surface area contributed by atoms with Gasteiger partial charge in [-0.05, 0) is 67.6 Å². The molecule has 34 heavy (non-hydrogen) atoms. The van der Waals surface area contributed by atoms with E-state index in [1.54, 1.807) is 39.8 Å². The predicted molar refractivity (Wildman–Crippen MR) is 133 cm³/mol. The van der Waals surface area contributed by atoms with Crippen molar-refractivity contribution in [3.8, 4) is 23.5 Å². The second-order valence-electron chi connectivity index (χ2n) is 9.29. The molecule has 5 heteroatoms. The molecule has 0 fully saturated rings. The minimum absolute atomic E-state index is 0.0465. The Hall–Kier alpha value is -4.04. The average Bonchev–Trinajstić information content (AvgIpc) is 3.11. The number of rotatable bonds is 4. The first-order chi connectivity index (χ1) is 16.2. The summed E-state index contributed by atoms with van der Waals surface area (Å²) in [5.41, 5.74) is 5.72. The lowest BCUT2D eigenvalue weighted by molar-refractivity contribution is 0.00686. The molecule has 3 aromatic carbocycles. The number of nitrogens with one attached hydrogen (secondary N) is 1. The zero-order chi connectivity index (χ0) is 24.5. The average molecular weight is 454 g/mol. The molecular weight excluding hydrogens is 426 g/mol. The molecule has 0 atom stereocenters. The van der Waals surface area contributed by atoms with Gasteiger partial charge in [-0.3, -0.25) is 5.32 Å². The van der Waals surface area contributed by atoms with Gasteiger partial charge in [0.1, 0.15) is 12.2 Å². The van der Waals surface area contributed by atoms with Crippen molar-refractivity contribution in [3.63, 3.8) is 0 Å². The molecule has 0 unspecified atom stereocenters. The number of terminal acetylenes is 1. The molecule has 0 spiro atoms. The molecule has 1 amide bonds. The van der Waals surface area contributed by atoms with Crippen LogP contribution in [0.2, 0.25) is 0 Å². The molecule has 0 saturated heterocycles. The second kappa shape index (κ2) is 9.07. The molecule has 5 nitrogen and oxygen atoms in total. The molecule has 0 aliphatic heterocycles. The van der Waals surface area contributed by atoms with E-state index in [0.717, 1.165) is 22.3 Å². The Labute approximate surface area is 200 Å². The van der Waals surface area contributed by atoms with Crippen LogP contribution in [0.5, 0.6) is 0 Å². The van der Waals surface area contributed by atoms with Crippen molar-refractivity contribution in [2.24, 2.45) is 0 Å². The van der Waals surface area contributed by atoms with Gasteiger partial charge in [-0.2, -0.15) is 0 Å². The van der Waals surface area contributed by atoms with Crippen molar-refractivity contribution in [3.05, 3.63) is 88.5 Å². The van der Waals surface area contributed by atoms with Crippen LogP contribution in [0.4, 0.5) is 10.5 Å². The van der Waals surface area contributed by atoms with E-state index in [1.807, 2.05) is 24.3 Å². The van der Waals surface area contributed by atoms with Crippen LogP contribution in [-0.2, 0) is 9.47 Å². The topological polar surface area (TPSA) is 64.6 Å². The van der Waals surface area contributed by atoms with Gasteiger partial charge < -0.3 is 9.47 Å². The summed E-state index contributed by atoms with van der Waals surface area (Å²) in [6.45, 7) is 7.32. The molecule has 0 bridgehead atoms. The Morgan fingerprint density at radius 1 is 1.00 bits per heavy atom. The first-order valence-electron chi connectivity index (χ1n) is 11.1. The van der Waals surface area contributed by atoms with Gasteiger partial charge in [0.25, 0.3) is 0 Å². The van der Waals surface area contributed by atoms with Gasteiger partial charge in [0.15, 0.2) is 0 Å². The lowest BCUT2D eigenvalue weighted by atomic mass is 9.98. The smallest absolute Gasteiger partial charge is 0.411 e. The third-order valence-electron chi connectivity index (χ3n) is 5.77. The number of ether oxygens (including phenoxy) is 2. The number of carbonyl (C=O) groups is 2. The van der Waals surface area contributed by atoms with Crippen molar-refractivity contribution in [2.45, 2.75) is 39.2 Å². The Kier molecular flexibility index (Phi) is 6.17. The van der Waals surface area contributed by atoms with Gasteiger partial charge in [-0.25, -0.2) is 9.59 Å². The third kappa shape index (κ3) is 4.67. The van der Waals surface area contributed by atoms with Crippen molar-refractivity contribution >= 4 is 17.7 Å². The minimum Gasteiger partial charge on any atom is -0.456 e. The minimum atomic E-state index is -0.657. The number of carbonyl (C=O) groups excluding carboxylic acids is 2. The first kappa shape index (κ1) is 23.1. The van der Waals surface area contributed by atoms with E-state index >= 15 is 0 Å². The Bertz CT molecular complexity index is 1260. The summed E-state index contributed by atoms with van der Waals surface area (Å²) in [4.78, 5) is 25.4. The van der Waals surface area contributed by atoms with Gasteiger partial charge in [-0.15, -0.1) is 6.42 Å². The molecule has 172 valence electrons. The molecule has 1 N–H and O–H groups in total. The van der Waals surface area contributed by atoms with Crippen LogP contribution in [-0.4, -0.2) is 24.3 Å². The maximum atomic E-state index is 12.7. The lowest BCUT2D eigenvalue weighted by Crippen LogP contribution is -2.25. The van der Waals surface area contributed by atoms with Gasteiger partial charge in [0.2, 0.25) is 0 Å². The fourth-order valence-corrected chi connectivity index (χ4v) is 4.23. The standard InChI is InChI=1S/C29H27NO4/c1-6-19-15-20(16-25(18(19)2)27(31)34-29(3,4)5)30-28(32)33-17-26-23-13-9-7-11-21(23)22-12-8-10-14-24(22)26/h1,7-16,26H,17H2,2-5H3,(H,30,32). The van der Waals surface area contributed by atoms with Crippen LogP contribution in [0.1, 0.15) is 59.3 Å². The largest absolute Gasteiger partial charge is 0.456 e. The number of amides is 1. The molecule has 0 heterocycles. The number of hydrogen-bond donors (Lipinski definition) is 1. The van der Waals surface area contributed by atoms with Crippen molar-refractivity contribution in [2.75, 3.05) is 11.9 Å². The summed E-state index contributed by atoms with van der Waals surface area (Å²) in [6, 6.07) is 19.5. The van der Waals surface area contributed by atoms with Crippen molar-refractivity contribution < 1.29 is 19.1 Å². The van der Waals surface area contributed by atoms with E-state index < -0.39 is 17.7 Å². The Morgan fingerprint density at radius 3 is 2.15 bits per heavy atom. The summed E-state index contributed by atoms with van der Waals surface area (Å²) < 4.78 is 11.1. The lowest BCUT2D eigenvalue weighted by Gasteiger charge is -2.21. The highest BCUT2D eigenvalue weighted by molar-refractivity contribution is 5.95. The normalized spacial score (nSPS) is 12.3. The SMILES string of the molecule is C#Cc1cc(NC(=O)OCC2c3ccccc3-c3ccccc32)cc(C(=O)OC(C)(C)C)c1C. The van der Waals surface area contributed by atoms with Crippen LogP contribution >= 0.6 is 0 Å². The van der Waals surface area contributed by atoms with E-state index in [-0.39, 0.29) is 12.5 Å². The summed E-state index contributed by atoms with van der Waals surface area (Å²) in [7, 11) is 0. The molecule has 4 rings (SSSR count). The highest BCUT2D eigenvalue weighted by Crippen LogP contribution is 2.44. The van der Waals surface area contributed by atoms with E-state index in [2.05, 4.69) is 35.5 Å². The molecule has 1 aliphatic carbocycles. The Morgan fingerprint density at radius 2 is 1.59 bits per heavy atom. The summed E-state index contributed by atoms with van der Waals surface area (Å²) in [6.07, 6.45) is 5.01. The Balaban J connectivity index is 1.51. The van der Waals surface area contributed by atoms with E-state index in [9.17, 15) is 9.59 Å². The number of fused-ring (bicyclic) bond motifs is 3. The van der Waals surface area contributed by atoms with E-state index in [4.69, 9.17) is 15.9 Å². The molecule has 3 aromatic rings. The van der Waals surface area contributed by atoms with E-state index in [0.29, 0.717) is 22.4 Å². The van der Waals surface area contributed by atoms with Crippen LogP contribution in [0.15, 0.2) is 60.7 Å². The maximum absolute atomic E-state index is 12.7. The number of hydrogen-bond acceptors (Lipinski definition) is 4. The van der Waals surface area contributed by atoms with E-state index in [1.165, 1.54) is 0 Å². The van der Waals surface area contributed by atoms with Crippen LogP contribution < -0.4 is 5.32 Å². The quantitative estimate of drug-likeness (QED) is 0.372. The summed E-state index contributed by atoms with van der Waals surface area (Å²) in [5, 5.41) is 2.71. The zero-order valence-electron chi connectivity index (χ0n) is 19.8. The highest BCUT2D eigenvalue weighted by Gasteiger charge is 2.29. The van der Waals surface area contributed by atoms with Crippen LogP contribution in [0.25, 0.3) is 11.1 Å². The second-order valence-corrected chi connectivity index (χ2v) is 9.29. The fraction of sp³-hybridized carbons (Fsp3) is 0.241. The van der Waals surface area contributed by atoms with Crippen molar-refractivity contribution in [1.82, 2.24) is 0 Å². The third-order valence-corrected chi connectivity index (χ3v) is 5.77. The summed E-state index contributed by atoms with van der Waals surface area (Å²) in [5.74, 6) is 2.02. The highest BCUT2D eigenvalue weighted by atomic mass is 16.6. The van der Waals surface area contributed by atoms with Crippen LogP contribution in [0, 0.1) is 19.3 Å². The molecule has 0 saturated carbocycles. The molecule has 0 aromatic heterocycles. The molecular formula is C29H27NO4. The number of benzene rings is 3. The maximum Gasteiger partial charge on any atom is 0.411 e. The molecule has 0 radical (unpaired) electrons. The van der Waals surface area contributed by atoms with Crippen LogP contribution in [0.3, 0.4) is 0 Å². The van der Waals surface area contributed by atoms with Gasteiger partial charge in [0, 0.05) is 17.2 Å². The fourth-order valence-electron chi connectivity index (χ4n) is 4.23. The molecule has 1 aliphatic rings. The monoisotopic (exact) mass is 453 g/mol. The predicted octanol–water partition coefficient (Wildman–Crippen LogP) is 6.29. The van der Waals surface area contributed by atoms with Gasteiger partial charge in [-0.1, -0.05) is 54.5 Å².